The Morgan fingerprint density at radius 3 is 2.44 bits per heavy atom. The third-order valence-corrected chi connectivity index (χ3v) is 9.13. The molecule has 12 heteroatoms. The number of sulfonamides is 1. The van der Waals surface area contributed by atoms with Crippen LogP contribution in [0.3, 0.4) is 0 Å². The van der Waals surface area contributed by atoms with Crippen LogP contribution in [-0.2, 0) is 21.2 Å². The van der Waals surface area contributed by atoms with E-state index >= 15 is 0 Å². The summed E-state index contributed by atoms with van der Waals surface area (Å²) in [7, 11) is -3.81. The highest BCUT2D eigenvalue weighted by Gasteiger charge is 2.39. The summed E-state index contributed by atoms with van der Waals surface area (Å²) in [5, 5.41) is 0. The standard InChI is InChI=1S/C24H21ClF3NO5S2/c25-22-11-12-23(35-22)36(31,32)29-13-3-8-20(29)21(30)10-9-16-4-1-5-17(14-16)33-18-6-2-7-19(15-18)34-24(26,27)28/h1-2,4-7,11-12,14-15,20H,3,8-10,13H2/t20-/m0/s1. The van der Waals surface area contributed by atoms with Crippen LogP contribution < -0.4 is 9.47 Å². The van der Waals surface area contributed by atoms with Crippen LogP contribution >= 0.6 is 22.9 Å². The Hall–Kier alpha value is -2.60. The Morgan fingerprint density at radius 2 is 1.75 bits per heavy atom. The van der Waals surface area contributed by atoms with Crippen molar-refractivity contribution in [1.82, 2.24) is 4.31 Å². The number of ether oxygens (including phenoxy) is 2. The second-order valence-electron chi connectivity index (χ2n) is 8.07. The molecule has 1 atom stereocenters. The number of carbonyl (C=O) groups is 1. The van der Waals surface area contributed by atoms with Gasteiger partial charge in [0.05, 0.1) is 10.4 Å². The Labute approximate surface area is 215 Å². The van der Waals surface area contributed by atoms with Crippen LogP contribution in [0.15, 0.2) is 64.9 Å². The monoisotopic (exact) mass is 559 g/mol. The first-order chi connectivity index (χ1) is 17.0. The smallest absolute Gasteiger partial charge is 0.457 e. The van der Waals surface area contributed by atoms with Crippen molar-refractivity contribution in [3.8, 4) is 17.2 Å². The molecule has 1 aliphatic heterocycles. The van der Waals surface area contributed by atoms with Crippen LogP contribution in [0.1, 0.15) is 24.8 Å². The fourth-order valence-corrected chi connectivity index (χ4v) is 7.26. The van der Waals surface area contributed by atoms with Crippen LogP contribution in [0.25, 0.3) is 0 Å². The molecule has 0 spiro atoms. The first kappa shape index (κ1) is 26.5. The van der Waals surface area contributed by atoms with Crippen molar-refractivity contribution < 1.29 is 35.9 Å². The first-order valence-corrected chi connectivity index (χ1v) is 13.6. The highest BCUT2D eigenvalue weighted by Crippen LogP contribution is 2.33. The van der Waals surface area contributed by atoms with Crippen molar-refractivity contribution >= 4 is 38.7 Å². The summed E-state index contributed by atoms with van der Waals surface area (Å²) < 4.78 is 74.7. The van der Waals surface area contributed by atoms with Crippen molar-refractivity contribution in [2.45, 2.75) is 42.3 Å². The lowest BCUT2D eigenvalue weighted by atomic mass is 10.0. The number of Topliss-reactive ketones (excluding diaryl/α,β-unsaturated/α-hetero) is 1. The largest absolute Gasteiger partial charge is 0.573 e. The summed E-state index contributed by atoms with van der Waals surface area (Å²) in [5.74, 6) is -0.0427. The van der Waals surface area contributed by atoms with E-state index in [1.807, 2.05) is 0 Å². The molecular formula is C24H21ClF3NO5S2. The summed E-state index contributed by atoms with van der Waals surface area (Å²) in [6.45, 7) is 0.273. The van der Waals surface area contributed by atoms with E-state index < -0.39 is 28.2 Å². The van der Waals surface area contributed by atoms with Crippen molar-refractivity contribution in [3.63, 3.8) is 0 Å². The minimum Gasteiger partial charge on any atom is -0.457 e. The van der Waals surface area contributed by atoms with Gasteiger partial charge in [-0.25, -0.2) is 8.42 Å². The van der Waals surface area contributed by atoms with Gasteiger partial charge in [0, 0.05) is 19.0 Å². The highest BCUT2D eigenvalue weighted by molar-refractivity contribution is 7.91. The van der Waals surface area contributed by atoms with Gasteiger partial charge in [-0.15, -0.1) is 24.5 Å². The molecular weight excluding hydrogens is 539 g/mol. The SMILES string of the molecule is O=C(CCc1cccc(Oc2cccc(OC(F)(F)F)c2)c1)[C@@H]1CCCN1S(=O)(=O)c1ccc(Cl)s1. The van der Waals surface area contributed by atoms with Gasteiger partial charge in [-0.1, -0.05) is 29.8 Å². The number of benzene rings is 2. The summed E-state index contributed by atoms with van der Waals surface area (Å²) >= 11 is 6.85. The van der Waals surface area contributed by atoms with Gasteiger partial charge < -0.3 is 9.47 Å². The molecule has 0 unspecified atom stereocenters. The Kier molecular flexibility index (Phi) is 7.93. The minimum absolute atomic E-state index is 0.113. The van der Waals surface area contributed by atoms with E-state index in [4.69, 9.17) is 16.3 Å². The summed E-state index contributed by atoms with van der Waals surface area (Å²) in [5.41, 5.74) is 0.765. The van der Waals surface area contributed by atoms with Crippen molar-refractivity contribution in [2.24, 2.45) is 0 Å². The molecule has 2 heterocycles. The van der Waals surface area contributed by atoms with Crippen LogP contribution in [0.4, 0.5) is 13.2 Å². The second-order valence-corrected chi connectivity index (χ2v) is 11.9. The van der Waals surface area contributed by atoms with Gasteiger partial charge >= 0.3 is 6.36 Å². The average Bonchev–Trinajstić information content (AvgIpc) is 3.47. The number of halogens is 4. The second kappa shape index (κ2) is 10.8. The van der Waals surface area contributed by atoms with Crippen LogP contribution in [0.2, 0.25) is 4.34 Å². The summed E-state index contributed by atoms with van der Waals surface area (Å²) in [6, 6.07) is 14.2. The number of hydrogen-bond donors (Lipinski definition) is 0. The molecule has 1 saturated heterocycles. The zero-order valence-electron chi connectivity index (χ0n) is 18.7. The average molecular weight is 560 g/mol. The molecule has 36 heavy (non-hydrogen) atoms. The molecule has 0 aliphatic carbocycles. The third kappa shape index (κ3) is 6.58. The molecule has 3 aromatic rings. The maximum atomic E-state index is 13.0. The minimum atomic E-state index is -4.81. The number of carbonyl (C=O) groups excluding carboxylic acids is 1. The molecule has 2 aromatic carbocycles. The van der Waals surface area contributed by atoms with Crippen LogP contribution in [-0.4, -0.2) is 37.5 Å². The lowest BCUT2D eigenvalue weighted by Crippen LogP contribution is -2.40. The lowest BCUT2D eigenvalue weighted by molar-refractivity contribution is -0.274. The zero-order chi connectivity index (χ0) is 25.9. The Bertz CT molecular complexity index is 1340. The lowest BCUT2D eigenvalue weighted by Gasteiger charge is -2.22. The molecule has 0 amide bonds. The molecule has 6 nitrogen and oxygen atoms in total. The van der Waals surface area contributed by atoms with Gasteiger partial charge in [-0.2, -0.15) is 4.31 Å². The van der Waals surface area contributed by atoms with E-state index in [2.05, 4.69) is 4.74 Å². The third-order valence-electron chi connectivity index (χ3n) is 5.52. The molecule has 0 N–H and O–H groups in total. The predicted octanol–water partition coefficient (Wildman–Crippen LogP) is 6.45. The van der Waals surface area contributed by atoms with E-state index in [9.17, 15) is 26.4 Å². The molecule has 4 rings (SSSR count). The van der Waals surface area contributed by atoms with E-state index in [1.165, 1.54) is 34.6 Å². The maximum Gasteiger partial charge on any atom is 0.573 e. The van der Waals surface area contributed by atoms with Gasteiger partial charge in [0.15, 0.2) is 5.78 Å². The summed E-state index contributed by atoms with van der Waals surface area (Å²) in [6.07, 6.45) is -3.29. The predicted molar refractivity (Wildman–Crippen MR) is 129 cm³/mol. The first-order valence-electron chi connectivity index (χ1n) is 10.9. The Balaban J connectivity index is 1.39. The van der Waals surface area contributed by atoms with Crippen molar-refractivity contribution in [2.75, 3.05) is 6.54 Å². The number of hydrogen-bond acceptors (Lipinski definition) is 6. The normalized spacial score (nSPS) is 16.7. The number of ketones is 1. The van der Waals surface area contributed by atoms with Crippen LogP contribution in [0, 0.1) is 0 Å². The van der Waals surface area contributed by atoms with Gasteiger partial charge in [0.1, 0.15) is 21.5 Å². The fraction of sp³-hybridized carbons (Fsp3) is 0.292. The van der Waals surface area contributed by atoms with Crippen LogP contribution in [0.5, 0.6) is 17.2 Å². The number of thiophene rings is 1. The molecule has 1 aromatic heterocycles. The number of alkyl halides is 3. The maximum absolute atomic E-state index is 13.0. The number of nitrogens with zero attached hydrogens (tertiary/aromatic N) is 1. The Morgan fingerprint density at radius 1 is 1.06 bits per heavy atom. The highest BCUT2D eigenvalue weighted by atomic mass is 35.5. The molecule has 192 valence electrons. The quantitative estimate of drug-likeness (QED) is 0.301. The van der Waals surface area contributed by atoms with E-state index in [0.717, 1.165) is 23.0 Å². The van der Waals surface area contributed by atoms with Gasteiger partial charge in [0.25, 0.3) is 10.0 Å². The molecule has 1 aliphatic rings. The number of rotatable bonds is 9. The molecule has 0 saturated carbocycles. The van der Waals surface area contributed by atoms with Crippen molar-refractivity contribution in [1.29, 1.82) is 0 Å². The van der Waals surface area contributed by atoms with Gasteiger partial charge in [-0.05, 0) is 61.2 Å². The van der Waals surface area contributed by atoms with Gasteiger partial charge in [0.2, 0.25) is 0 Å². The summed E-state index contributed by atoms with van der Waals surface area (Å²) in [4.78, 5) is 13.0. The van der Waals surface area contributed by atoms with Crippen molar-refractivity contribution in [3.05, 3.63) is 70.6 Å². The topological polar surface area (TPSA) is 72.9 Å². The zero-order valence-corrected chi connectivity index (χ0v) is 21.1. The van der Waals surface area contributed by atoms with E-state index in [-0.39, 0.29) is 28.7 Å². The molecule has 0 bridgehead atoms. The number of aryl methyl sites for hydroxylation is 1. The fourth-order valence-electron chi connectivity index (χ4n) is 3.97. The van der Waals surface area contributed by atoms with E-state index in [0.29, 0.717) is 29.3 Å². The molecule has 0 radical (unpaired) electrons. The molecule has 1 fully saturated rings. The van der Waals surface area contributed by atoms with E-state index in [1.54, 1.807) is 24.3 Å². The van der Waals surface area contributed by atoms with Gasteiger partial charge in [-0.3, -0.25) is 4.79 Å².